The number of hydrogen-bond donors (Lipinski definition) is 1. The van der Waals surface area contributed by atoms with Crippen molar-refractivity contribution < 1.29 is 0 Å². The second kappa shape index (κ2) is 6.40. The van der Waals surface area contributed by atoms with Gasteiger partial charge < -0.3 is 9.88 Å². The molecule has 2 heterocycles. The van der Waals surface area contributed by atoms with Crippen molar-refractivity contribution >= 4 is 0 Å². The van der Waals surface area contributed by atoms with Gasteiger partial charge in [0.1, 0.15) is 11.8 Å². The molecule has 2 rings (SSSR count). The molecule has 0 saturated heterocycles. The summed E-state index contributed by atoms with van der Waals surface area (Å²) >= 11 is 0. The van der Waals surface area contributed by atoms with Gasteiger partial charge in [-0.15, -0.1) is 0 Å². The van der Waals surface area contributed by atoms with Gasteiger partial charge in [-0.2, -0.15) is 10.4 Å². The van der Waals surface area contributed by atoms with Crippen LogP contribution in [0.2, 0.25) is 0 Å². The molecule has 2 aromatic heterocycles. The molecule has 106 valence electrons. The van der Waals surface area contributed by atoms with Crippen LogP contribution >= 0.6 is 0 Å². The first kappa shape index (κ1) is 14.4. The molecule has 0 aliphatic rings. The maximum absolute atomic E-state index is 8.89. The number of nitriles is 1. The molecule has 0 radical (unpaired) electrons. The SMILES string of the molecule is Cc1cc(C)n(CCCNCc2cc(C#N)n(C)c2)n1. The number of aryl methyl sites for hydroxylation is 4. The third-order valence-corrected chi connectivity index (χ3v) is 3.33. The average molecular weight is 271 g/mol. The van der Waals surface area contributed by atoms with Crippen molar-refractivity contribution in [2.75, 3.05) is 6.54 Å². The van der Waals surface area contributed by atoms with Crippen LogP contribution in [-0.2, 0) is 20.1 Å². The highest BCUT2D eigenvalue weighted by Gasteiger charge is 2.02. The molecule has 1 N–H and O–H groups in total. The molecule has 0 aromatic carbocycles. The smallest absolute Gasteiger partial charge is 0.120 e. The minimum atomic E-state index is 0.699. The molecule has 0 saturated carbocycles. The second-order valence-corrected chi connectivity index (χ2v) is 5.14. The standard InChI is InChI=1S/C15H21N5/c1-12-7-13(2)20(18-12)6-4-5-17-10-14-8-15(9-16)19(3)11-14/h7-8,11,17H,4-6,10H2,1-3H3. The molecule has 2 aromatic rings. The maximum atomic E-state index is 8.89. The van der Waals surface area contributed by atoms with E-state index in [1.807, 2.05) is 35.5 Å². The van der Waals surface area contributed by atoms with E-state index in [0.717, 1.165) is 37.3 Å². The summed E-state index contributed by atoms with van der Waals surface area (Å²) in [6.07, 6.45) is 3.03. The fourth-order valence-electron chi connectivity index (χ4n) is 2.33. The van der Waals surface area contributed by atoms with E-state index in [4.69, 9.17) is 5.26 Å². The molecule has 0 aliphatic heterocycles. The summed E-state index contributed by atoms with van der Waals surface area (Å²) in [6.45, 7) is 6.78. The number of rotatable bonds is 6. The van der Waals surface area contributed by atoms with Crippen LogP contribution in [0.15, 0.2) is 18.3 Å². The lowest BCUT2D eigenvalue weighted by molar-refractivity contribution is 0.532. The van der Waals surface area contributed by atoms with Crippen molar-refractivity contribution in [1.29, 1.82) is 5.26 Å². The number of aromatic nitrogens is 3. The topological polar surface area (TPSA) is 58.6 Å². The lowest BCUT2D eigenvalue weighted by Gasteiger charge is -2.05. The monoisotopic (exact) mass is 271 g/mol. The van der Waals surface area contributed by atoms with Gasteiger partial charge in [-0.3, -0.25) is 4.68 Å². The van der Waals surface area contributed by atoms with Crippen LogP contribution in [-0.4, -0.2) is 20.9 Å². The Hall–Kier alpha value is -2.06. The van der Waals surface area contributed by atoms with Crippen molar-refractivity contribution in [3.8, 4) is 6.07 Å². The Morgan fingerprint density at radius 1 is 1.35 bits per heavy atom. The van der Waals surface area contributed by atoms with Crippen LogP contribution in [0.25, 0.3) is 0 Å². The second-order valence-electron chi connectivity index (χ2n) is 5.14. The summed E-state index contributed by atoms with van der Waals surface area (Å²) < 4.78 is 3.90. The van der Waals surface area contributed by atoms with Crippen LogP contribution < -0.4 is 5.32 Å². The lowest BCUT2D eigenvalue weighted by Crippen LogP contribution is -2.17. The van der Waals surface area contributed by atoms with Crippen LogP contribution in [0.5, 0.6) is 0 Å². The highest BCUT2D eigenvalue weighted by molar-refractivity contribution is 5.28. The Bertz CT molecular complexity index is 615. The van der Waals surface area contributed by atoms with E-state index in [-0.39, 0.29) is 0 Å². The fraction of sp³-hybridized carbons (Fsp3) is 0.467. The molecule has 0 amide bonds. The minimum absolute atomic E-state index is 0.699. The van der Waals surface area contributed by atoms with E-state index in [0.29, 0.717) is 5.69 Å². The highest BCUT2D eigenvalue weighted by Crippen LogP contribution is 2.06. The van der Waals surface area contributed by atoms with Crippen molar-refractivity contribution in [3.05, 3.63) is 41.0 Å². The van der Waals surface area contributed by atoms with Gasteiger partial charge in [-0.1, -0.05) is 0 Å². The molecule has 20 heavy (non-hydrogen) atoms. The molecular weight excluding hydrogens is 250 g/mol. The molecule has 5 heteroatoms. The van der Waals surface area contributed by atoms with Gasteiger partial charge in [0, 0.05) is 32.0 Å². The Labute approximate surface area is 119 Å². The van der Waals surface area contributed by atoms with Crippen LogP contribution in [0.1, 0.15) is 29.1 Å². The van der Waals surface area contributed by atoms with Gasteiger partial charge in [0.05, 0.1) is 5.69 Å². The first-order valence-corrected chi connectivity index (χ1v) is 6.87. The molecule has 0 atom stereocenters. The maximum Gasteiger partial charge on any atom is 0.120 e. The van der Waals surface area contributed by atoms with E-state index in [1.165, 1.54) is 5.69 Å². The van der Waals surface area contributed by atoms with E-state index >= 15 is 0 Å². The molecule has 0 fully saturated rings. The molecule has 5 nitrogen and oxygen atoms in total. The van der Waals surface area contributed by atoms with Crippen molar-refractivity contribution in [2.24, 2.45) is 7.05 Å². The van der Waals surface area contributed by atoms with Gasteiger partial charge in [-0.05, 0) is 44.5 Å². The van der Waals surface area contributed by atoms with E-state index in [1.54, 1.807) is 0 Å². The predicted molar refractivity (Wildman–Crippen MR) is 78.2 cm³/mol. The van der Waals surface area contributed by atoms with Crippen LogP contribution in [0, 0.1) is 25.2 Å². The first-order chi connectivity index (χ1) is 9.60. The van der Waals surface area contributed by atoms with Gasteiger partial charge >= 0.3 is 0 Å². The van der Waals surface area contributed by atoms with Gasteiger partial charge in [0.25, 0.3) is 0 Å². The Morgan fingerprint density at radius 3 is 2.75 bits per heavy atom. The lowest BCUT2D eigenvalue weighted by atomic mass is 10.3. The zero-order chi connectivity index (χ0) is 14.5. The van der Waals surface area contributed by atoms with Crippen molar-refractivity contribution in [1.82, 2.24) is 19.7 Å². The molecule has 0 spiro atoms. The van der Waals surface area contributed by atoms with Crippen LogP contribution in [0.3, 0.4) is 0 Å². The summed E-state index contributed by atoms with van der Waals surface area (Å²) in [5, 5.41) is 16.7. The number of nitrogens with one attached hydrogen (secondary N) is 1. The molecular formula is C15H21N5. The minimum Gasteiger partial charge on any atom is -0.342 e. The zero-order valence-corrected chi connectivity index (χ0v) is 12.3. The highest BCUT2D eigenvalue weighted by atomic mass is 15.3. The Kier molecular flexibility index (Phi) is 4.59. The zero-order valence-electron chi connectivity index (χ0n) is 12.3. The third kappa shape index (κ3) is 3.49. The largest absolute Gasteiger partial charge is 0.342 e. The van der Waals surface area contributed by atoms with Gasteiger partial charge in [0.15, 0.2) is 0 Å². The average Bonchev–Trinajstić information content (AvgIpc) is 2.91. The third-order valence-electron chi connectivity index (χ3n) is 3.33. The van der Waals surface area contributed by atoms with E-state index < -0.39 is 0 Å². The molecule has 0 unspecified atom stereocenters. The summed E-state index contributed by atoms with van der Waals surface area (Å²) in [7, 11) is 1.89. The number of hydrogen-bond acceptors (Lipinski definition) is 3. The van der Waals surface area contributed by atoms with Gasteiger partial charge in [0.2, 0.25) is 0 Å². The van der Waals surface area contributed by atoms with Crippen LogP contribution in [0.4, 0.5) is 0 Å². The molecule has 0 aliphatic carbocycles. The summed E-state index contributed by atoms with van der Waals surface area (Å²) in [5.41, 5.74) is 4.13. The number of nitrogens with zero attached hydrogens (tertiary/aromatic N) is 4. The van der Waals surface area contributed by atoms with Crippen molar-refractivity contribution in [2.45, 2.75) is 33.4 Å². The Balaban J connectivity index is 1.71. The predicted octanol–water partition coefficient (Wildman–Crippen LogP) is 1.89. The van der Waals surface area contributed by atoms with E-state index in [9.17, 15) is 0 Å². The summed E-state index contributed by atoms with van der Waals surface area (Å²) in [6, 6.07) is 6.19. The Morgan fingerprint density at radius 2 is 2.15 bits per heavy atom. The normalized spacial score (nSPS) is 10.7. The van der Waals surface area contributed by atoms with Gasteiger partial charge in [-0.25, -0.2) is 0 Å². The summed E-state index contributed by atoms with van der Waals surface area (Å²) in [5.74, 6) is 0. The fourth-order valence-corrected chi connectivity index (χ4v) is 2.33. The van der Waals surface area contributed by atoms with Crippen molar-refractivity contribution in [3.63, 3.8) is 0 Å². The first-order valence-electron chi connectivity index (χ1n) is 6.87. The quantitative estimate of drug-likeness (QED) is 0.816. The summed E-state index contributed by atoms with van der Waals surface area (Å²) in [4.78, 5) is 0. The molecule has 0 bridgehead atoms. The van der Waals surface area contributed by atoms with E-state index in [2.05, 4.69) is 29.5 Å².